The normalized spacial score (nSPS) is 37.8. The van der Waals surface area contributed by atoms with Gasteiger partial charge in [-0.2, -0.15) is 4.31 Å². The number of carbonyl (C=O) groups is 2. The molecule has 2 saturated carbocycles. The van der Waals surface area contributed by atoms with Crippen molar-refractivity contribution in [2.75, 3.05) is 12.3 Å². The van der Waals surface area contributed by atoms with Gasteiger partial charge in [0.15, 0.2) is 0 Å². The van der Waals surface area contributed by atoms with E-state index in [1.807, 2.05) is 13.8 Å². The Morgan fingerprint density at radius 1 is 1.36 bits per heavy atom. The molecule has 3 fully saturated rings. The van der Waals surface area contributed by atoms with Crippen LogP contribution in [0.4, 0.5) is 0 Å². The summed E-state index contributed by atoms with van der Waals surface area (Å²) in [6.07, 6.45) is 2.86. The molecule has 1 aliphatic heterocycles. The number of hydrogen-bond donors (Lipinski definition) is 1. The van der Waals surface area contributed by atoms with E-state index in [1.165, 1.54) is 0 Å². The van der Waals surface area contributed by atoms with Gasteiger partial charge in [-0.25, -0.2) is 8.42 Å². The van der Waals surface area contributed by atoms with Crippen LogP contribution in [-0.4, -0.2) is 47.9 Å². The molecule has 2 bridgehead atoms. The van der Waals surface area contributed by atoms with Crippen molar-refractivity contribution in [2.24, 2.45) is 16.7 Å². The smallest absolute Gasteiger partial charge is 0.322 e. The van der Waals surface area contributed by atoms with E-state index >= 15 is 0 Å². The van der Waals surface area contributed by atoms with Crippen LogP contribution >= 0.6 is 0 Å². The van der Waals surface area contributed by atoms with E-state index in [2.05, 4.69) is 0 Å². The van der Waals surface area contributed by atoms with E-state index < -0.39 is 27.4 Å². The van der Waals surface area contributed by atoms with Crippen LogP contribution < -0.4 is 0 Å². The van der Waals surface area contributed by atoms with Gasteiger partial charge in [0.25, 0.3) is 0 Å². The van der Waals surface area contributed by atoms with Gasteiger partial charge >= 0.3 is 5.97 Å². The summed E-state index contributed by atoms with van der Waals surface area (Å²) in [6, 6.07) is -0.974. The Morgan fingerprint density at radius 2 is 2.05 bits per heavy atom. The number of rotatable bonds is 4. The number of aliphatic carboxylic acids is 1. The summed E-state index contributed by atoms with van der Waals surface area (Å²) in [5.41, 5.74) is -1.16. The number of sulfonamides is 1. The van der Waals surface area contributed by atoms with Gasteiger partial charge in [0, 0.05) is 18.4 Å². The van der Waals surface area contributed by atoms with Crippen molar-refractivity contribution in [1.29, 1.82) is 0 Å². The SMILES string of the molecule is CC1(C)[C@@H]2CC[C@]1(CS(=O)(=O)N1CCC[C@@H]1C(=O)O)C(=O)C2. The van der Waals surface area contributed by atoms with E-state index in [0.717, 1.165) is 10.7 Å². The molecule has 0 spiro atoms. The predicted octanol–water partition coefficient (Wildman–Crippen LogP) is 1.26. The lowest BCUT2D eigenvalue weighted by atomic mass is 9.70. The third-order valence-electron chi connectivity index (χ3n) is 6.41. The molecular weight excluding hydrogens is 306 g/mol. The maximum atomic E-state index is 12.8. The molecule has 0 radical (unpaired) electrons. The number of carboxylic acids is 1. The van der Waals surface area contributed by atoms with Crippen molar-refractivity contribution in [3.05, 3.63) is 0 Å². The first kappa shape index (κ1) is 15.9. The van der Waals surface area contributed by atoms with Gasteiger partial charge in [0.2, 0.25) is 10.0 Å². The van der Waals surface area contributed by atoms with Crippen molar-refractivity contribution in [1.82, 2.24) is 4.31 Å². The molecule has 22 heavy (non-hydrogen) atoms. The van der Waals surface area contributed by atoms with Crippen LogP contribution in [0, 0.1) is 16.7 Å². The highest BCUT2D eigenvalue weighted by molar-refractivity contribution is 7.89. The Balaban J connectivity index is 1.92. The van der Waals surface area contributed by atoms with Crippen LogP contribution in [-0.2, 0) is 19.6 Å². The largest absolute Gasteiger partial charge is 0.480 e. The van der Waals surface area contributed by atoms with Crippen LogP contribution in [0.25, 0.3) is 0 Å². The molecule has 1 saturated heterocycles. The van der Waals surface area contributed by atoms with E-state index in [1.54, 1.807) is 0 Å². The molecule has 3 aliphatic rings. The van der Waals surface area contributed by atoms with E-state index in [0.29, 0.717) is 25.7 Å². The fourth-order valence-corrected chi connectivity index (χ4v) is 7.28. The van der Waals surface area contributed by atoms with Crippen molar-refractivity contribution >= 4 is 21.8 Å². The monoisotopic (exact) mass is 329 g/mol. The minimum absolute atomic E-state index is 0.0448. The maximum Gasteiger partial charge on any atom is 0.322 e. The number of nitrogens with zero attached hydrogens (tertiary/aromatic N) is 1. The zero-order chi connectivity index (χ0) is 16.3. The van der Waals surface area contributed by atoms with Crippen molar-refractivity contribution < 1.29 is 23.1 Å². The number of hydrogen-bond acceptors (Lipinski definition) is 4. The molecule has 2 aliphatic carbocycles. The van der Waals surface area contributed by atoms with E-state index in [4.69, 9.17) is 0 Å². The summed E-state index contributed by atoms with van der Waals surface area (Å²) in [4.78, 5) is 23.8. The number of fused-ring (bicyclic) bond motifs is 2. The molecule has 1 heterocycles. The first-order chi connectivity index (χ1) is 10.1. The minimum atomic E-state index is -3.75. The molecular formula is C15H23NO5S. The van der Waals surface area contributed by atoms with Gasteiger partial charge in [-0.15, -0.1) is 0 Å². The van der Waals surface area contributed by atoms with Crippen LogP contribution in [0.15, 0.2) is 0 Å². The van der Waals surface area contributed by atoms with Gasteiger partial charge in [-0.3, -0.25) is 9.59 Å². The Morgan fingerprint density at radius 3 is 2.55 bits per heavy atom. The lowest BCUT2D eigenvalue weighted by molar-refractivity contribution is -0.140. The standard InChI is InChI=1S/C15H23NO5S/c1-14(2)10-5-6-15(14,12(17)8-10)9-22(20,21)16-7-3-4-11(16)13(18)19/h10-11H,3-9H2,1-2H3,(H,18,19)/t10-,11-,15+/m1/s1. The third-order valence-corrected chi connectivity index (χ3v) is 8.42. The lowest BCUT2D eigenvalue weighted by Gasteiger charge is -2.37. The molecule has 0 unspecified atom stereocenters. The second-order valence-electron chi connectivity index (χ2n) is 7.53. The van der Waals surface area contributed by atoms with Crippen LogP contribution in [0.5, 0.6) is 0 Å². The van der Waals surface area contributed by atoms with Crippen LogP contribution in [0.1, 0.15) is 46.0 Å². The second-order valence-corrected chi connectivity index (χ2v) is 9.45. The van der Waals surface area contributed by atoms with Gasteiger partial charge in [0.05, 0.1) is 5.75 Å². The number of Topliss-reactive ketones (excluding diaryl/α,β-unsaturated/α-hetero) is 1. The molecule has 3 atom stereocenters. The fourth-order valence-electron chi connectivity index (χ4n) is 4.82. The quantitative estimate of drug-likeness (QED) is 0.838. The van der Waals surface area contributed by atoms with Crippen molar-refractivity contribution in [2.45, 2.75) is 52.0 Å². The zero-order valence-corrected chi connectivity index (χ0v) is 13.9. The molecule has 7 heteroatoms. The number of ketones is 1. The summed E-state index contributed by atoms with van der Waals surface area (Å²) >= 11 is 0. The molecule has 124 valence electrons. The number of carboxylic acid groups (broad SMARTS) is 1. The zero-order valence-electron chi connectivity index (χ0n) is 13.0. The lowest BCUT2D eigenvalue weighted by Crippen LogP contribution is -2.49. The molecule has 0 amide bonds. The fraction of sp³-hybridized carbons (Fsp3) is 0.867. The Bertz CT molecular complexity index is 626. The van der Waals surface area contributed by atoms with E-state index in [-0.39, 0.29) is 29.4 Å². The highest BCUT2D eigenvalue weighted by Crippen LogP contribution is 2.64. The Hall–Kier alpha value is -0.950. The Labute approximate surface area is 130 Å². The van der Waals surface area contributed by atoms with Crippen LogP contribution in [0.2, 0.25) is 0 Å². The molecule has 0 aromatic carbocycles. The topological polar surface area (TPSA) is 91.8 Å². The van der Waals surface area contributed by atoms with Gasteiger partial charge in [-0.05, 0) is 37.0 Å². The summed E-state index contributed by atoms with van der Waals surface area (Å²) in [5, 5.41) is 9.22. The number of carbonyl (C=O) groups excluding carboxylic acids is 1. The average molecular weight is 329 g/mol. The van der Waals surface area contributed by atoms with Crippen molar-refractivity contribution in [3.63, 3.8) is 0 Å². The summed E-state index contributed by atoms with van der Waals surface area (Å²) < 4.78 is 26.8. The Kier molecular flexibility index (Phi) is 3.45. The maximum absolute atomic E-state index is 12.8. The summed E-state index contributed by atoms with van der Waals surface area (Å²) in [7, 11) is -3.75. The molecule has 6 nitrogen and oxygen atoms in total. The first-order valence-electron chi connectivity index (χ1n) is 7.87. The van der Waals surface area contributed by atoms with Gasteiger partial charge < -0.3 is 5.11 Å². The second kappa shape index (κ2) is 4.77. The van der Waals surface area contributed by atoms with Crippen LogP contribution in [0.3, 0.4) is 0 Å². The van der Waals surface area contributed by atoms with Gasteiger partial charge in [-0.1, -0.05) is 13.8 Å². The average Bonchev–Trinajstić information content (AvgIpc) is 3.02. The highest BCUT2D eigenvalue weighted by atomic mass is 32.2. The molecule has 1 N–H and O–H groups in total. The first-order valence-corrected chi connectivity index (χ1v) is 9.48. The molecule has 3 rings (SSSR count). The minimum Gasteiger partial charge on any atom is -0.480 e. The van der Waals surface area contributed by atoms with Gasteiger partial charge in [0.1, 0.15) is 11.8 Å². The third kappa shape index (κ3) is 1.98. The molecule has 0 aromatic rings. The summed E-state index contributed by atoms with van der Waals surface area (Å²) in [6.45, 7) is 4.22. The van der Waals surface area contributed by atoms with E-state index in [9.17, 15) is 23.1 Å². The van der Waals surface area contributed by atoms with Crippen molar-refractivity contribution in [3.8, 4) is 0 Å². The predicted molar refractivity (Wildman–Crippen MR) is 79.7 cm³/mol. The molecule has 0 aromatic heterocycles. The summed E-state index contributed by atoms with van der Waals surface area (Å²) in [5.74, 6) is -1.03. The highest BCUT2D eigenvalue weighted by Gasteiger charge is 2.65.